The summed E-state index contributed by atoms with van der Waals surface area (Å²) in [7, 11) is 0. The number of aryl methyl sites for hydroxylation is 1. The minimum atomic E-state index is -0.782. The summed E-state index contributed by atoms with van der Waals surface area (Å²) in [6, 6.07) is 0. The number of anilines is 1. The van der Waals surface area contributed by atoms with Gasteiger partial charge in [0.15, 0.2) is 0 Å². The van der Waals surface area contributed by atoms with Crippen LogP contribution in [0.1, 0.15) is 25.0 Å². The number of piperidine rings is 1. The molecule has 15 heavy (non-hydrogen) atoms. The standard InChI is InChI=1S/C10H14FN3O/c1-7-8(11)9(15)13-10(12-7)14-5-3-2-4-6-14/h2-6H2,1H3,(H,12,13,15). The Morgan fingerprint density at radius 3 is 2.60 bits per heavy atom. The van der Waals surface area contributed by atoms with Gasteiger partial charge in [0.25, 0.3) is 5.56 Å². The van der Waals surface area contributed by atoms with Gasteiger partial charge in [0.1, 0.15) is 0 Å². The van der Waals surface area contributed by atoms with Crippen LogP contribution in [0.25, 0.3) is 0 Å². The Morgan fingerprint density at radius 2 is 2.00 bits per heavy atom. The van der Waals surface area contributed by atoms with Crippen LogP contribution in [0.5, 0.6) is 0 Å². The topological polar surface area (TPSA) is 49.0 Å². The molecule has 0 saturated carbocycles. The molecule has 2 heterocycles. The van der Waals surface area contributed by atoms with Crippen LogP contribution in [0.3, 0.4) is 0 Å². The Balaban J connectivity index is 2.32. The highest BCUT2D eigenvalue weighted by atomic mass is 19.1. The number of aromatic nitrogens is 2. The summed E-state index contributed by atoms with van der Waals surface area (Å²) in [6.45, 7) is 3.28. The number of hydrogen-bond acceptors (Lipinski definition) is 3. The fourth-order valence-corrected chi connectivity index (χ4v) is 1.81. The van der Waals surface area contributed by atoms with Gasteiger partial charge in [-0.05, 0) is 26.2 Å². The van der Waals surface area contributed by atoms with Crippen molar-refractivity contribution in [2.75, 3.05) is 18.0 Å². The number of H-pyrrole nitrogens is 1. The second-order valence-corrected chi connectivity index (χ2v) is 3.84. The molecule has 4 nitrogen and oxygen atoms in total. The molecule has 0 aromatic carbocycles. The summed E-state index contributed by atoms with van der Waals surface area (Å²) in [4.78, 5) is 19.7. The predicted octanol–water partition coefficient (Wildman–Crippen LogP) is 1.21. The molecule has 0 unspecified atom stereocenters. The molecule has 82 valence electrons. The van der Waals surface area contributed by atoms with Crippen molar-refractivity contribution in [3.05, 3.63) is 21.9 Å². The minimum absolute atomic E-state index is 0.166. The number of hydrogen-bond donors (Lipinski definition) is 1. The van der Waals surface area contributed by atoms with Gasteiger partial charge in [-0.25, -0.2) is 4.98 Å². The average Bonchev–Trinajstić information content (AvgIpc) is 2.26. The molecule has 1 aromatic rings. The van der Waals surface area contributed by atoms with Gasteiger partial charge < -0.3 is 4.90 Å². The quantitative estimate of drug-likeness (QED) is 0.759. The van der Waals surface area contributed by atoms with Crippen LogP contribution in [0.15, 0.2) is 4.79 Å². The first-order chi connectivity index (χ1) is 7.18. The van der Waals surface area contributed by atoms with Gasteiger partial charge in [0.05, 0.1) is 5.69 Å². The second kappa shape index (κ2) is 4.00. The normalized spacial score (nSPS) is 16.8. The molecule has 0 radical (unpaired) electrons. The highest BCUT2D eigenvalue weighted by molar-refractivity contribution is 5.30. The fourth-order valence-electron chi connectivity index (χ4n) is 1.81. The molecule has 1 fully saturated rings. The van der Waals surface area contributed by atoms with Crippen molar-refractivity contribution in [3.8, 4) is 0 Å². The van der Waals surface area contributed by atoms with E-state index in [1.54, 1.807) is 0 Å². The van der Waals surface area contributed by atoms with Crippen molar-refractivity contribution >= 4 is 5.95 Å². The first-order valence-corrected chi connectivity index (χ1v) is 5.20. The lowest BCUT2D eigenvalue weighted by Crippen LogP contribution is -2.33. The molecule has 1 N–H and O–H groups in total. The summed E-state index contributed by atoms with van der Waals surface area (Å²) in [5.41, 5.74) is -0.512. The van der Waals surface area contributed by atoms with Gasteiger partial charge in [0.2, 0.25) is 11.8 Å². The largest absolute Gasteiger partial charge is 0.342 e. The number of halogens is 1. The summed E-state index contributed by atoms with van der Waals surface area (Å²) < 4.78 is 13.1. The Kier molecular flexibility index (Phi) is 2.70. The van der Waals surface area contributed by atoms with Gasteiger partial charge in [0, 0.05) is 13.1 Å². The zero-order valence-corrected chi connectivity index (χ0v) is 8.72. The smallest absolute Gasteiger partial charge is 0.288 e. The summed E-state index contributed by atoms with van der Waals surface area (Å²) >= 11 is 0. The Bertz CT molecular complexity index is 410. The van der Waals surface area contributed by atoms with Gasteiger partial charge >= 0.3 is 0 Å². The maximum absolute atomic E-state index is 13.1. The zero-order valence-electron chi connectivity index (χ0n) is 8.72. The first-order valence-electron chi connectivity index (χ1n) is 5.20. The summed E-state index contributed by atoms with van der Waals surface area (Å²) in [6.07, 6.45) is 3.40. The molecule has 0 aliphatic carbocycles. The zero-order chi connectivity index (χ0) is 10.8. The van der Waals surface area contributed by atoms with Crippen LogP contribution in [0.4, 0.5) is 10.3 Å². The van der Waals surface area contributed by atoms with Crippen LogP contribution in [0, 0.1) is 12.7 Å². The molecule has 1 aromatic heterocycles. The van der Waals surface area contributed by atoms with Crippen LogP contribution in [-0.2, 0) is 0 Å². The van der Waals surface area contributed by atoms with Gasteiger partial charge in [-0.15, -0.1) is 0 Å². The number of nitrogens with zero attached hydrogens (tertiary/aromatic N) is 2. The molecule has 5 heteroatoms. The van der Waals surface area contributed by atoms with Crippen molar-refractivity contribution in [2.45, 2.75) is 26.2 Å². The van der Waals surface area contributed by atoms with Crippen molar-refractivity contribution in [2.24, 2.45) is 0 Å². The fraction of sp³-hybridized carbons (Fsp3) is 0.600. The van der Waals surface area contributed by atoms with E-state index in [-0.39, 0.29) is 5.69 Å². The van der Waals surface area contributed by atoms with Crippen LogP contribution in [-0.4, -0.2) is 23.1 Å². The Labute approximate surface area is 87.1 Å². The molecule has 2 rings (SSSR count). The molecule has 0 bridgehead atoms. The van der Waals surface area contributed by atoms with E-state index in [0.29, 0.717) is 5.95 Å². The van der Waals surface area contributed by atoms with E-state index in [0.717, 1.165) is 25.9 Å². The lowest BCUT2D eigenvalue weighted by atomic mass is 10.1. The first kappa shape index (κ1) is 10.1. The Hall–Kier alpha value is -1.39. The molecule has 0 amide bonds. The molecule has 1 saturated heterocycles. The summed E-state index contributed by atoms with van der Waals surface area (Å²) in [5.74, 6) is -0.283. The van der Waals surface area contributed by atoms with E-state index in [4.69, 9.17) is 0 Å². The van der Waals surface area contributed by atoms with Crippen LogP contribution >= 0.6 is 0 Å². The van der Waals surface area contributed by atoms with E-state index in [1.807, 2.05) is 4.90 Å². The van der Waals surface area contributed by atoms with Crippen LogP contribution in [0.2, 0.25) is 0 Å². The molecule has 1 aliphatic rings. The van der Waals surface area contributed by atoms with E-state index in [9.17, 15) is 9.18 Å². The van der Waals surface area contributed by atoms with E-state index in [1.165, 1.54) is 13.3 Å². The van der Waals surface area contributed by atoms with Gasteiger partial charge in [-0.3, -0.25) is 9.78 Å². The minimum Gasteiger partial charge on any atom is -0.342 e. The van der Waals surface area contributed by atoms with Gasteiger partial charge in [-0.2, -0.15) is 4.39 Å². The maximum atomic E-state index is 13.1. The monoisotopic (exact) mass is 211 g/mol. The molecule has 0 spiro atoms. The third kappa shape index (κ3) is 2.00. The predicted molar refractivity (Wildman–Crippen MR) is 55.6 cm³/mol. The van der Waals surface area contributed by atoms with E-state index < -0.39 is 11.4 Å². The lowest BCUT2D eigenvalue weighted by molar-refractivity contribution is 0.554. The molecular formula is C10H14FN3O. The third-order valence-electron chi connectivity index (χ3n) is 2.67. The molecule has 0 atom stereocenters. The van der Waals surface area contributed by atoms with E-state index >= 15 is 0 Å². The number of aromatic amines is 1. The number of nitrogens with one attached hydrogen (secondary N) is 1. The van der Waals surface area contributed by atoms with Crippen molar-refractivity contribution < 1.29 is 4.39 Å². The van der Waals surface area contributed by atoms with Crippen molar-refractivity contribution in [1.82, 2.24) is 9.97 Å². The Morgan fingerprint density at radius 1 is 1.33 bits per heavy atom. The molecule has 1 aliphatic heterocycles. The average molecular weight is 211 g/mol. The molecular weight excluding hydrogens is 197 g/mol. The highest BCUT2D eigenvalue weighted by Crippen LogP contribution is 2.14. The second-order valence-electron chi connectivity index (χ2n) is 3.84. The maximum Gasteiger partial charge on any atom is 0.288 e. The third-order valence-corrected chi connectivity index (χ3v) is 2.67. The van der Waals surface area contributed by atoms with Crippen LogP contribution < -0.4 is 10.5 Å². The number of rotatable bonds is 1. The highest BCUT2D eigenvalue weighted by Gasteiger charge is 2.15. The van der Waals surface area contributed by atoms with E-state index in [2.05, 4.69) is 9.97 Å². The SMILES string of the molecule is Cc1nc(N2CCCCC2)[nH]c(=O)c1F. The van der Waals surface area contributed by atoms with Crippen molar-refractivity contribution in [1.29, 1.82) is 0 Å². The summed E-state index contributed by atoms with van der Waals surface area (Å²) in [5, 5.41) is 0. The van der Waals surface area contributed by atoms with Gasteiger partial charge in [-0.1, -0.05) is 0 Å². The lowest BCUT2D eigenvalue weighted by Gasteiger charge is -2.27. The van der Waals surface area contributed by atoms with Crippen molar-refractivity contribution in [3.63, 3.8) is 0 Å².